The fourth-order valence-corrected chi connectivity index (χ4v) is 3.15. The maximum absolute atomic E-state index is 12.3. The SMILES string of the molecule is CCC1=C(C(=O)OC)C(c2cccc(OCc3ccc(Cl)cc3)c2)NC(=O)N1. The second-order valence-electron chi connectivity index (χ2n) is 6.26. The van der Waals surface area contributed by atoms with E-state index in [0.29, 0.717) is 35.1 Å². The van der Waals surface area contributed by atoms with Crippen molar-refractivity contribution in [1.82, 2.24) is 10.6 Å². The van der Waals surface area contributed by atoms with Crippen LogP contribution >= 0.6 is 11.6 Å². The number of amides is 2. The average molecular weight is 401 g/mol. The molecule has 0 saturated heterocycles. The van der Waals surface area contributed by atoms with E-state index in [1.807, 2.05) is 43.3 Å². The van der Waals surface area contributed by atoms with Gasteiger partial charge in [0.25, 0.3) is 0 Å². The first-order valence-electron chi connectivity index (χ1n) is 8.88. The van der Waals surface area contributed by atoms with Gasteiger partial charge >= 0.3 is 12.0 Å². The average Bonchev–Trinajstić information content (AvgIpc) is 2.72. The van der Waals surface area contributed by atoms with E-state index < -0.39 is 12.0 Å². The van der Waals surface area contributed by atoms with E-state index in [-0.39, 0.29) is 6.03 Å². The van der Waals surface area contributed by atoms with Crippen molar-refractivity contribution in [3.05, 3.63) is 76.0 Å². The molecule has 0 aliphatic carbocycles. The van der Waals surface area contributed by atoms with Gasteiger partial charge in [0.15, 0.2) is 0 Å². The number of urea groups is 1. The zero-order valence-corrected chi connectivity index (χ0v) is 16.4. The van der Waals surface area contributed by atoms with Gasteiger partial charge in [-0.15, -0.1) is 0 Å². The molecule has 1 aliphatic rings. The summed E-state index contributed by atoms with van der Waals surface area (Å²) < 4.78 is 10.8. The van der Waals surface area contributed by atoms with Gasteiger partial charge in [0.05, 0.1) is 18.7 Å². The van der Waals surface area contributed by atoms with Crippen molar-refractivity contribution in [3.8, 4) is 5.75 Å². The molecule has 2 amide bonds. The first-order valence-corrected chi connectivity index (χ1v) is 9.25. The van der Waals surface area contributed by atoms with Crippen LogP contribution in [-0.4, -0.2) is 19.1 Å². The Labute approximate surface area is 168 Å². The van der Waals surface area contributed by atoms with Crippen LogP contribution in [0.5, 0.6) is 5.75 Å². The zero-order chi connectivity index (χ0) is 20.1. The highest BCUT2D eigenvalue weighted by Crippen LogP contribution is 2.30. The van der Waals surface area contributed by atoms with Crippen molar-refractivity contribution in [1.29, 1.82) is 0 Å². The summed E-state index contributed by atoms with van der Waals surface area (Å²) in [5.41, 5.74) is 2.65. The van der Waals surface area contributed by atoms with E-state index in [1.54, 1.807) is 12.1 Å². The summed E-state index contributed by atoms with van der Waals surface area (Å²) in [7, 11) is 1.32. The summed E-state index contributed by atoms with van der Waals surface area (Å²) in [5.74, 6) is 0.143. The Morgan fingerprint density at radius 1 is 1.18 bits per heavy atom. The van der Waals surface area contributed by atoms with Gasteiger partial charge in [-0.25, -0.2) is 9.59 Å². The minimum absolute atomic E-state index is 0.359. The molecule has 0 fully saturated rings. The van der Waals surface area contributed by atoms with Crippen molar-refractivity contribution in [2.45, 2.75) is 26.0 Å². The number of hydrogen-bond donors (Lipinski definition) is 2. The van der Waals surface area contributed by atoms with Gasteiger partial charge in [-0.3, -0.25) is 0 Å². The Morgan fingerprint density at radius 2 is 1.93 bits per heavy atom. The molecule has 2 N–H and O–H groups in total. The number of allylic oxidation sites excluding steroid dienone is 1. The van der Waals surface area contributed by atoms with Gasteiger partial charge in [0.2, 0.25) is 0 Å². The molecule has 1 aliphatic heterocycles. The number of methoxy groups -OCH3 is 1. The number of esters is 1. The predicted octanol–water partition coefficient (Wildman–Crippen LogP) is 4.11. The number of carbonyl (C=O) groups is 2. The Kier molecular flexibility index (Phi) is 6.21. The Bertz CT molecular complexity index is 909. The van der Waals surface area contributed by atoms with Crippen molar-refractivity contribution < 1.29 is 19.1 Å². The molecule has 7 heteroatoms. The molecular formula is C21H21ClN2O4. The quantitative estimate of drug-likeness (QED) is 0.715. The molecule has 3 rings (SSSR count). The fourth-order valence-electron chi connectivity index (χ4n) is 3.03. The molecule has 6 nitrogen and oxygen atoms in total. The van der Waals surface area contributed by atoms with Crippen LogP contribution in [0.1, 0.15) is 30.5 Å². The molecule has 0 bridgehead atoms. The van der Waals surface area contributed by atoms with Gasteiger partial charge < -0.3 is 20.1 Å². The normalized spacial score (nSPS) is 16.2. The van der Waals surface area contributed by atoms with E-state index >= 15 is 0 Å². The third kappa shape index (κ3) is 4.46. The summed E-state index contributed by atoms with van der Waals surface area (Å²) in [4.78, 5) is 24.4. The highest BCUT2D eigenvalue weighted by Gasteiger charge is 2.32. The minimum atomic E-state index is -0.616. The standard InChI is InChI=1S/C21H21ClN2O4/c1-3-17-18(20(25)27-2)19(24-21(26)23-17)14-5-4-6-16(11-14)28-12-13-7-9-15(22)10-8-13/h4-11,19H,3,12H2,1-2H3,(H2,23,24,26). The fraction of sp³-hybridized carbons (Fsp3) is 0.238. The molecule has 1 heterocycles. The summed E-state index contributed by atoms with van der Waals surface area (Å²) >= 11 is 5.90. The topological polar surface area (TPSA) is 76.7 Å². The summed E-state index contributed by atoms with van der Waals surface area (Å²) in [6.45, 7) is 2.24. The number of benzene rings is 2. The molecule has 1 unspecified atom stereocenters. The van der Waals surface area contributed by atoms with E-state index in [0.717, 1.165) is 11.1 Å². The predicted molar refractivity (Wildman–Crippen MR) is 106 cm³/mol. The molecule has 0 aromatic heterocycles. The molecule has 2 aromatic carbocycles. The first kappa shape index (κ1) is 19.8. The van der Waals surface area contributed by atoms with Crippen molar-refractivity contribution in [3.63, 3.8) is 0 Å². The summed E-state index contributed by atoms with van der Waals surface area (Å²) in [6.07, 6.45) is 0.501. The smallest absolute Gasteiger partial charge is 0.337 e. The lowest BCUT2D eigenvalue weighted by Gasteiger charge is -2.29. The van der Waals surface area contributed by atoms with Gasteiger partial charge in [-0.1, -0.05) is 42.8 Å². The lowest BCUT2D eigenvalue weighted by atomic mass is 9.94. The Hall–Kier alpha value is -2.99. The number of nitrogens with one attached hydrogen (secondary N) is 2. The van der Waals surface area contributed by atoms with Crippen LogP contribution in [0.4, 0.5) is 4.79 Å². The molecule has 0 radical (unpaired) electrons. The number of rotatable bonds is 6. The molecule has 146 valence electrons. The lowest BCUT2D eigenvalue weighted by Crippen LogP contribution is -2.45. The number of halogens is 1. The minimum Gasteiger partial charge on any atom is -0.489 e. The Balaban J connectivity index is 1.85. The van der Waals surface area contributed by atoms with Gasteiger partial charge in [-0.2, -0.15) is 0 Å². The van der Waals surface area contributed by atoms with Crippen molar-refractivity contribution in [2.75, 3.05) is 7.11 Å². The molecular weight excluding hydrogens is 380 g/mol. The van der Waals surface area contributed by atoms with Crippen LogP contribution in [0.25, 0.3) is 0 Å². The molecule has 1 atom stereocenters. The molecule has 28 heavy (non-hydrogen) atoms. The highest BCUT2D eigenvalue weighted by atomic mass is 35.5. The van der Waals surface area contributed by atoms with E-state index in [2.05, 4.69) is 10.6 Å². The van der Waals surface area contributed by atoms with Crippen LogP contribution in [0.2, 0.25) is 5.02 Å². The van der Waals surface area contributed by atoms with Crippen LogP contribution in [0.15, 0.2) is 59.8 Å². The number of hydrogen-bond acceptors (Lipinski definition) is 4. The highest BCUT2D eigenvalue weighted by molar-refractivity contribution is 6.30. The Morgan fingerprint density at radius 3 is 2.61 bits per heavy atom. The summed E-state index contributed by atoms with van der Waals surface area (Å²) in [5, 5.41) is 6.14. The van der Waals surface area contributed by atoms with Gasteiger partial charge in [0, 0.05) is 10.7 Å². The summed E-state index contributed by atoms with van der Waals surface area (Å²) in [6, 6.07) is 13.7. The number of ether oxygens (including phenoxy) is 2. The van der Waals surface area contributed by atoms with Crippen LogP contribution < -0.4 is 15.4 Å². The second kappa shape index (κ2) is 8.80. The maximum atomic E-state index is 12.3. The monoisotopic (exact) mass is 400 g/mol. The first-order chi connectivity index (χ1) is 13.5. The van der Waals surface area contributed by atoms with Crippen molar-refractivity contribution >= 4 is 23.6 Å². The largest absolute Gasteiger partial charge is 0.489 e. The third-order valence-corrected chi connectivity index (χ3v) is 4.67. The van der Waals surface area contributed by atoms with E-state index in [9.17, 15) is 9.59 Å². The van der Waals surface area contributed by atoms with E-state index in [4.69, 9.17) is 21.1 Å². The molecule has 0 saturated carbocycles. The van der Waals surface area contributed by atoms with E-state index in [1.165, 1.54) is 7.11 Å². The lowest BCUT2D eigenvalue weighted by molar-refractivity contribution is -0.136. The van der Waals surface area contributed by atoms with Crippen LogP contribution in [0, 0.1) is 0 Å². The molecule has 0 spiro atoms. The zero-order valence-electron chi connectivity index (χ0n) is 15.6. The van der Waals surface area contributed by atoms with Gasteiger partial charge in [-0.05, 0) is 41.8 Å². The van der Waals surface area contributed by atoms with Gasteiger partial charge in [0.1, 0.15) is 12.4 Å². The van der Waals surface area contributed by atoms with Crippen molar-refractivity contribution in [2.24, 2.45) is 0 Å². The van der Waals surface area contributed by atoms with Crippen LogP contribution in [-0.2, 0) is 16.1 Å². The maximum Gasteiger partial charge on any atom is 0.337 e. The van der Waals surface area contributed by atoms with Crippen LogP contribution in [0.3, 0.4) is 0 Å². The third-order valence-electron chi connectivity index (χ3n) is 4.42. The number of carbonyl (C=O) groups excluding carboxylic acids is 2. The molecule has 2 aromatic rings. The second-order valence-corrected chi connectivity index (χ2v) is 6.69.